The van der Waals surface area contributed by atoms with Crippen LogP contribution in [0, 0.1) is 19.7 Å². The van der Waals surface area contributed by atoms with Crippen LogP contribution in [0.15, 0.2) is 72.4 Å². The summed E-state index contributed by atoms with van der Waals surface area (Å²) in [6.07, 6.45) is 3.14. The van der Waals surface area contributed by atoms with E-state index in [1.165, 1.54) is 34.7 Å². The maximum absolute atomic E-state index is 13.6. The Bertz CT molecular complexity index is 1230. The Kier molecular flexibility index (Phi) is 6.40. The van der Waals surface area contributed by atoms with Crippen molar-refractivity contribution in [3.8, 4) is 0 Å². The Morgan fingerprint density at radius 3 is 2.24 bits per heavy atom. The van der Waals surface area contributed by atoms with E-state index in [0.29, 0.717) is 11.3 Å². The van der Waals surface area contributed by atoms with Crippen molar-refractivity contribution in [2.45, 2.75) is 40.0 Å². The number of hydrogen-bond acceptors (Lipinski definition) is 3. The van der Waals surface area contributed by atoms with Crippen LogP contribution in [0.5, 0.6) is 0 Å². The number of carbonyl (C=O) groups is 2. The van der Waals surface area contributed by atoms with Gasteiger partial charge in [-0.05, 0) is 79.3 Å². The molecule has 33 heavy (non-hydrogen) atoms. The van der Waals surface area contributed by atoms with E-state index in [9.17, 15) is 14.0 Å². The smallest absolute Gasteiger partial charge is 0.282 e. The molecule has 1 aliphatic rings. The van der Waals surface area contributed by atoms with Crippen LogP contribution in [0.2, 0.25) is 0 Å². The average Bonchev–Trinajstić information content (AvgIpc) is 3.06. The Hall–Kier alpha value is -3.73. The summed E-state index contributed by atoms with van der Waals surface area (Å²) < 4.78 is 13.6. The van der Waals surface area contributed by atoms with Crippen molar-refractivity contribution in [1.82, 2.24) is 0 Å². The molecule has 0 radical (unpaired) electrons. The summed E-state index contributed by atoms with van der Waals surface area (Å²) in [5, 5.41) is 3.21. The van der Waals surface area contributed by atoms with Gasteiger partial charge in [-0.2, -0.15) is 0 Å². The van der Waals surface area contributed by atoms with E-state index < -0.39 is 17.6 Å². The number of imide groups is 1. The Morgan fingerprint density at radius 2 is 1.58 bits per heavy atom. The molecule has 1 N–H and O–H groups in total. The average molecular weight is 443 g/mol. The third kappa shape index (κ3) is 4.44. The molecular formula is C28H27FN2O2. The lowest BCUT2D eigenvalue weighted by molar-refractivity contribution is -0.120. The van der Waals surface area contributed by atoms with E-state index in [4.69, 9.17) is 0 Å². The molecule has 0 fully saturated rings. The highest BCUT2D eigenvalue weighted by Crippen LogP contribution is 2.34. The fourth-order valence-corrected chi connectivity index (χ4v) is 3.98. The second-order valence-corrected chi connectivity index (χ2v) is 8.35. The quantitative estimate of drug-likeness (QED) is 0.445. The van der Waals surface area contributed by atoms with Crippen molar-refractivity contribution in [3.63, 3.8) is 0 Å². The molecule has 0 saturated heterocycles. The Labute approximate surface area is 193 Å². The Morgan fingerprint density at radius 1 is 0.879 bits per heavy atom. The zero-order valence-electron chi connectivity index (χ0n) is 19.1. The number of amides is 2. The minimum atomic E-state index is -0.430. The summed E-state index contributed by atoms with van der Waals surface area (Å²) in [6, 6.07) is 18.9. The number of nitrogens with zero attached hydrogens (tertiary/aromatic N) is 1. The fraction of sp³-hybridized carbons (Fsp3) is 0.214. The van der Waals surface area contributed by atoms with Crippen molar-refractivity contribution in [3.05, 3.63) is 100 Å². The van der Waals surface area contributed by atoms with Gasteiger partial charge >= 0.3 is 0 Å². The number of benzene rings is 3. The van der Waals surface area contributed by atoms with E-state index in [1.807, 2.05) is 56.3 Å². The molecule has 0 aromatic heterocycles. The van der Waals surface area contributed by atoms with Crippen LogP contribution in [0.25, 0.3) is 5.57 Å². The van der Waals surface area contributed by atoms with Gasteiger partial charge in [-0.15, -0.1) is 0 Å². The number of nitrogens with one attached hydrogen (secondary N) is 1. The second-order valence-electron chi connectivity index (χ2n) is 8.35. The van der Waals surface area contributed by atoms with Gasteiger partial charge in [0, 0.05) is 5.69 Å². The van der Waals surface area contributed by atoms with Crippen LogP contribution in [0.3, 0.4) is 0 Å². The van der Waals surface area contributed by atoms with Gasteiger partial charge in [0.15, 0.2) is 0 Å². The van der Waals surface area contributed by atoms with E-state index in [2.05, 4.69) is 12.2 Å². The molecule has 5 heteroatoms. The third-order valence-electron chi connectivity index (χ3n) is 6.09. The standard InChI is InChI=1S/C28H27FN2O2/c1-4-5-8-20-10-16-23(17-11-20)31-27(32)25(21-12-14-22(29)15-13-21)26(28(31)33)30-24-9-6-7-18(2)19(24)3/h6-7,9-17,30H,4-5,8H2,1-3H3. The molecule has 2 amide bonds. The van der Waals surface area contributed by atoms with E-state index >= 15 is 0 Å². The van der Waals surface area contributed by atoms with Gasteiger partial charge in [-0.3, -0.25) is 9.59 Å². The summed E-state index contributed by atoms with van der Waals surface area (Å²) in [7, 11) is 0. The molecule has 4 rings (SSSR count). The normalized spacial score (nSPS) is 13.8. The number of hydrogen-bond donors (Lipinski definition) is 1. The van der Waals surface area contributed by atoms with Crippen LogP contribution in [0.1, 0.15) is 42.0 Å². The molecule has 4 nitrogen and oxygen atoms in total. The molecule has 0 atom stereocenters. The van der Waals surface area contributed by atoms with Gasteiger partial charge in [0.25, 0.3) is 11.8 Å². The van der Waals surface area contributed by atoms with Crippen LogP contribution < -0.4 is 10.2 Å². The van der Waals surface area contributed by atoms with Gasteiger partial charge in [0.2, 0.25) is 0 Å². The van der Waals surface area contributed by atoms with E-state index in [-0.39, 0.29) is 11.3 Å². The lowest BCUT2D eigenvalue weighted by Crippen LogP contribution is -2.32. The first-order valence-corrected chi connectivity index (χ1v) is 11.2. The number of anilines is 2. The number of unbranched alkanes of at least 4 members (excludes halogenated alkanes) is 1. The van der Waals surface area contributed by atoms with Crippen LogP contribution >= 0.6 is 0 Å². The molecule has 0 spiro atoms. The topological polar surface area (TPSA) is 49.4 Å². The summed E-state index contributed by atoms with van der Waals surface area (Å²) in [4.78, 5) is 28.3. The number of aryl methyl sites for hydroxylation is 2. The van der Waals surface area contributed by atoms with Crippen molar-refractivity contribution in [2.75, 3.05) is 10.2 Å². The molecule has 3 aromatic rings. The number of carbonyl (C=O) groups excluding carboxylic acids is 2. The molecule has 0 aliphatic carbocycles. The molecular weight excluding hydrogens is 415 g/mol. The maximum Gasteiger partial charge on any atom is 0.282 e. The number of halogens is 1. The highest BCUT2D eigenvalue weighted by molar-refractivity contribution is 6.46. The second kappa shape index (κ2) is 9.41. The van der Waals surface area contributed by atoms with Gasteiger partial charge in [-0.25, -0.2) is 9.29 Å². The monoisotopic (exact) mass is 442 g/mol. The number of rotatable bonds is 7. The summed E-state index contributed by atoms with van der Waals surface area (Å²) in [6.45, 7) is 6.09. The fourth-order valence-electron chi connectivity index (χ4n) is 3.98. The van der Waals surface area contributed by atoms with Crippen molar-refractivity contribution in [2.24, 2.45) is 0 Å². The zero-order valence-corrected chi connectivity index (χ0v) is 19.1. The lowest BCUT2D eigenvalue weighted by Gasteiger charge is -2.16. The van der Waals surface area contributed by atoms with Gasteiger partial charge in [-0.1, -0.05) is 49.7 Å². The SMILES string of the molecule is CCCCc1ccc(N2C(=O)C(Nc3cccc(C)c3C)=C(c3ccc(F)cc3)C2=O)cc1. The first kappa shape index (κ1) is 22.5. The molecule has 168 valence electrons. The van der Waals surface area contributed by atoms with Crippen molar-refractivity contribution >= 4 is 28.8 Å². The molecule has 0 bridgehead atoms. The lowest BCUT2D eigenvalue weighted by atomic mass is 10.0. The minimum absolute atomic E-state index is 0.190. The largest absolute Gasteiger partial charge is 0.350 e. The van der Waals surface area contributed by atoms with E-state index in [1.54, 1.807) is 0 Å². The summed E-state index contributed by atoms with van der Waals surface area (Å²) in [5.41, 5.74) is 5.41. The first-order valence-electron chi connectivity index (χ1n) is 11.2. The predicted octanol–water partition coefficient (Wildman–Crippen LogP) is 6.18. The van der Waals surface area contributed by atoms with Gasteiger partial charge in [0.1, 0.15) is 11.5 Å². The third-order valence-corrected chi connectivity index (χ3v) is 6.09. The molecule has 1 heterocycles. The van der Waals surface area contributed by atoms with Crippen LogP contribution in [-0.2, 0) is 16.0 Å². The van der Waals surface area contributed by atoms with Crippen molar-refractivity contribution in [1.29, 1.82) is 0 Å². The molecule has 0 saturated carbocycles. The van der Waals surface area contributed by atoms with Crippen LogP contribution in [0.4, 0.5) is 15.8 Å². The van der Waals surface area contributed by atoms with E-state index in [0.717, 1.165) is 36.1 Å². The molecule has 3 aromatic carbocycles. The summed E-state index contributed by atoms with van der Waals surface area (Å²) >= 11 is 0. The highest BCUT2D eigenvalue weighted by Gasteiger charge is 2.40. The minimum Gasteiger partial charge on any atom is -0.350 e. The molecule has 1 aliphatic heterocycles. The predicted molar refractivity (Wildman–Crippen MR) is 130 cm³/mol. The summed E-state index contributed by atoms with van der Waals surface area (Å²) in [5.74, 6) is -1.26. The molecule has 0 unspecified atom stereocenters. The van der Waals surface area contributed by atoms with Gasteiger partial charge < -0.3 is 5.32 Å². The maximum atomic E-state index is 13.6. The van der Waals surface area contributed by atoms with Crippen molar-refractivity contribution < 1.29 is 14.0 Å². The highest BCUT2D eigenvalue weighted by atomic mass is 19.1. The zero-order chi connectivity index (χ0) is 23.5. The Balaban J connectivity index is 1.75. The van der Waals surface area contributed by atoms with Gasteiger partial charge in [0.05, 0.1) is 11.3 Å². The van der Waals surface area contributed by atoms with Crippen LogP contribution in [-0.4, -0.2) is 11.8 Å². The first-order chi connectivity index (χ1) is 15.9.